The van der Waals surface area contributed by atoms with Gasteiger partial charge < -0.3 is 0 Å². The number of hydrogen-bond acceptors (Lipinski definition) is 3. The number of carbonyl (C=O) groups excluding carboxylic acids is 1. The van der Waals surface area contributed by atoms with Crippen LogP contribution in [-0.2, 0) is 6.54 Å². The molecular weight excluding hydrogens is 233 g/mol. The van der Waals surface area contributed by atoms with Crippen LogP contribution in [0.25, 0.3) is 0 Å². The number of rotatable bonds is 2. The molecule has 0 saturated heterocycles. The molecular formula is C13H12FN3O. The van der Waals surface area contributed by atoms with Gasteiger partial charge in [-0.15, -0.1) is 0 Å². The lowest BCUT2D eigenvalue weighted by Crippen LogP contribution is -2.20. The van der Waals surface area contributed by atoms with Crippen molar-refractivity contribution < 1.29 is 9.18 Å². The van der Waals surface area contributed by atoms with Crippen molar-refractivity contribution in [1.29, 1.82) is 0 Å². The van der Waals surface area contributed by atoms with Crippen molar-refractivity contribution >= 4 is 5.78 Å². The summed E-state index contributed by atoms with van der Waals surface area (Å²) >= 11 is 0. The van der Waals surface area contributed by atoms with Crippen LogP contribution in [0.1, 0.15) is 34.7 Å². The minimum absolute atomic E-state index is 0.0971. The van der Waals surface area contributed by atoms with Crippen LogP contribution in [0.2, 0.25) is 0 Å². The van der Waals surface area contributed by atoms with Crippen molar-refractivity contribution in [2.24, 2.45) is 0 Å². The third-order valence-corrected chi connectivity index (χ3v) is 3.35. The standard InChI is InChI=1S/C13H12FN3O/c14-10-2-3-11-12(5-10)9(1-4-13(11)18)6-17-8-15-7-16-17/h2-3,5,7-9H,1,4,6H2. The fourth-order valence-electron chi connectivity index (χ4n) is 2.46. The molecule has 3 rings (SSSR count). The summed E-state index contributed by atoms with van der Waals surface area (Å²) in [5, 5.41) is 4.05. The highest BCUT2D eigenvalue weighted by Gasteiger charge is 2.26. The van der Waals surface area contributed by atoms with Crippen LogP contribution < -0.4 is 0 Å². The van der Waals surface area contributed by atoms with Crippen LogP contribution in [0.15, 0.2) is 30.9 Å². The van der Waals surface area contributed by atoms with Gasteiger partial charge in [0.25, 0.3) is 0 Å². The molecule has 0 amide bonds. The van der Waals surface area contributed by atoms with E-state index < -0.39 is 0 Å². The minimum atomic E-state index is -0.299. The number of aromatic nitrogens is 3. The smallest absolute Gasteiger partial charge is 0.163 e. The van der Waals surface area contributed by atoms with Crippen molar-refractivity contribution in [2.45, 2.75) is 25.3 Å². The summed E-state index contributed by atoms with van der Waals surface area (Å²) in [6, 6.07) is 4.39. The van der Waals surface area contributed by atoms with Crippen molar-refractivity contribution in [2.75, 3.05) is 0 Å². The molecule has 0 bridgehead atoms. The largest absolute Gasteiger partial charge is 0.294 e. The van der Waals surface area contributed by atoms with Crippen LogP contribution in [0.5, 0.6) is 0 Å². The molecule has 1 atom stereocenters. The SMILES string of the molecule is O=C1CCC(Cn2cncn2)c2cc(F)ccc21. The lowest BCUT2D eigenvalue weighted by molar-refractivity contribution is 0.0965. The molecule has 0 saturated carbocycles. The molecule has 5 heteroatoms. The third kappa shape index (κ3) is 1.92. The second-order valence-corrected chi connectivity index (χ2v) is 4.51. The van der Waals surface area contributed by atoms with Gasteiger partial charge in [-0.2, -0.15) is 5.10 Å². The van der Waals surface area contributed by atoms with Crippen molar-refractivity contribution in [3.63, 3.8) is 0 Å². The predicted molar refractivity (Wildman–Crippen MR) is 62.7 cm³/mol. The topological polar surface area (TPSA) is 47.8 Å². The fraction of sp³-hybridized carbons (Fsp3) is 0.308. The van der Waals surface area contributed by atoms with Crippen LogP contribution in [-0.4, -0.2) is 20.5 Å². The lowest BCUT2D eigenvalue weighted by atomic mass is 9.82. The first kappa shape index (κ1) is 11.1. The summed E-state index contributed by atoms with van der Waals surface area (Å²) in [6.07, 6.45) is 4.35. The minimum Gasteiger partial charge on any atom is -0.294 e. The molecule has 1 aliphatic rings. The van der Waals surface area contributed by atoms with Crippen molar-refractivity contribution in [1.82, 2.24) is 14.8 Å². The van der Waals surface area contributed by atoms with Gasteiger partial charge in [0.05, 0.1) is 0 Å². The first-order valence-electron chi connectivity index (χ1n) is 5.89. The third-order valence-electron chi connectivity index (χ3n) is 3.35. The van der Waals surface area contributed by atoms with Crippen molar-refractivity contribution in [3.05, 3.63) is 47.8 Å². The summed E-state index contributed by atoms with van der Waals surface area (Å²) in [5.74, 6) is -0.0815. The molecule has 0 radical (unpaired) electrons. The summed E-state index contributed by atoms with van der Waals surface area (Å²) in [6.45, 7) is 0.629. The van der Waals surface area contributed by atoms with Gasteiger partial charge in [-0.1, -0.05) is 0 Å². The molecule has 0 N–H and O–H groups in total. The van der Waals surface area contributed by atoms with Gasteiger partial charge in [-0.05, 0) is 30.2 Å². The van der Waals surface area contributed by atoms with Gasteiger partial charge >= 0.3 is 0 Å². The molecule has 0 fully saturated rings. The average Bonchev–Trinajstić information content (AvgIpc) is 2.86. The van der Waals surface area contributed by atoms with E-state index in [2.05, 4.69) is 10.1 Å². The first-order chi connectivity index (χ1) is 8.74. The van der Waals surface area contributed by atoms with E-state index in [4.69, 9.17) is 0 Å². The zero-order valence-corrected chi connectivity index (χ0v) is 9.71. The highest BCUT2D eigenvalue weighted by atomic mass is 19.1. The van der Waals surface area contributed by atoms with Crippen LogP contribution >= 0.6 is 0 Å². The van der Waals surface area contributed by atoms with E-state index in [1.54, 1.807) is 17.1 Å². The zero-order chi connectivity index (χ0) is 12.5. The van der Waals surface area contributed by atoms with E-state index in [-0.39, 0.29) is 17.5 Å². The van der Waals surface area contributed by atoms with Gasteiger partial charge in [0.15, 0.2) is 5.78 Å². The maximum absolute atomic E-state index is 13.3. The molecule has 4 nitrogen and oxygen atoms in total. The number of hydrogen-bond donors (Lipinski definition) is 0. The molecule has 1 aliphatic carbocycles. The summed E-state index contributed by atoms with van der Waals surface area (Å²) < 4.78 is 15.0. The Morgan fingerprint density at radius 2 is 2.33 bits per heavy atom. The Morgan fingerprint density at radius 1 is 1.44 bits per heavy atom. The number of nitrogens with zero attached hydrogens (tertiary/aromatic N) is 3. The molecule has 1 aromatic heterocycles. The Labute approximate surface area is 103 Å². The van der Waals surface area contributed by atoms with Crippen LogP contribution in [0, 0.1) is 5.82 Å². The molecule has 0 spiro atoms. The zero-order valence-electron chi connectivity index (χ0n) is 9.71. The quantitative estimate of drug-likeness (QED) is 0.814. The van der Waals surface area contributed by atoms with Crippen LogP contribution in [0.4, 0.5) is 4.39 Å². The van der Waals surface area contributed by atoms with E-state index in [1.165, 1.54) is 18.5 Å². The van der Waals surface area contributed by atoms with E-state index in [0.29, 0.717) is 18.5 Å². The number of carbonyl (C=O) groups is 1. The van der Waals surface area contributed by atoms with E-state index in [9.17, 15) is 9.18 Å². The van der Waals surface area contributed by atoms with E-state index in [0.717, 1.165) is 12.0 Å². The number of fused-ring (bicyclic) bond motifs is 1. The molecule has 92 valence electrons. The monoisotopic (exact) mass is 245 g/mol. The Bertz CT molecular complexity index is 580. The first-order valence-corrected chi connectivity index (χ1v) is 5.89. The lowest BCUT2D eigenvalue weighted by Gasteiger charge is -2.24. The predicted octanol–water partition coefficient (Wildman–Crippen LogP) is 2.18. The van der Waals surface area contributed by atoms with E-state index in [1.807, 2.05) is 0 Å². The van der Waals surface area contributed by atoms with Gasteiger partial charge in [-0.3, -0.25) is 9.48 Å². The summed E-state index contributed by atoms with van der Waals surface area (Å²) in [5.41, 5.74) is 1.44. The number of Topliss-reactive ketones (excluding diaryl/α,β-unsaturated/α-hetero) is 1. The number of ketones is 1. The van der Waals surface area contributed by atoms with Gasteiger partial charge in [0.2, 0.25) is 0 Å². The highest BCUT2D eigenvalue weighted by Crippen LogP contribution is 2.33. The van der Waals surface area contributed by atoms with E-state index >= 15 is 0 Å². The highest BCUT2D eigenvalue weighted by molar-refractivity contribution is 5.98. The number of halogens is 1. The van der Waals surface area contributed by atoms with Crippen LogP contribution in [0.3, 0.4) is 0 Å². The molecule has 1 aromatic carbocycles. The van der Waals surface area contributed by atoms with Gasteiger partial charge in [0.1, 0.15) is 18.5 Å². The molecule has 18 heavy (non-hydrogen) atoms. The Hall–Kier alpha value is -2.04. The fourth-order valence-corrected chi connectivity index (χ4v) is 2.46. The molecule has 2 aromatic rings. The van der Waals surface area contributed by atoms with Crippen molar-refractivity contribution in [3.8, 4) is 0 Å². The van der Waals surface area contributed by atoms with Gasteiger partial charge in [-0.25, -0.2) is 9.37 Å². The normalized spacial score (nSPS) is 18.7. The second kappa shape index (κ2) is 4.33. The maximum atomic E-state index is 13.3. The summed E-state index contributed by atoms with van der Waals surface area (Å²) in [7, 11) is 0. The molecule has 1 unspecified atom stereocenters. The molecule has 1 heterocycles. The number of benzene rings is 1. The Morgan fingerprint density at radius 3 is 3.11 bits per heavy atom. The Kier molecular flexibility index (Phi) is 2.66. The Balaban J connectivity index is 1.96. The molecule has 0 aliphatic heterocycles. The second-order valence-electron chi connectivity index (χ2n) is 4.51. The average molecular weight is 245 g/mol. The maximum Gasteiger partial charge on any atom is 0.163 e. The van der Waals surface area contributed by atoms with Gasteiger partial charge in [0, 0.05) is 24.4 Å². The summed E-state index contributed by atoms with van der Waals surface area (Å²) in [4.78, 5) is 15.7.